The largest absolute Gasteiger partial charge is 0.302 e. The second-order valence-electron chi connectivity index (χ2n) is 7.28. The van der Waals surface area contributed by atoms with E-state index in [0.717, 1.165) is 28.2 Å². The van der Waals surface area contributed by atoms with Crippen LogP contribution in [0.5, 0.6) is 0 Å². The number of rotatable bonds is 8. The van der Waals surface area contributed by atoms with Gasteiger partial charge in [-0.2, -0.15) is 0 Å². The van der Waals surface area contributed by atoms with Crippen LogP contribution in [0, 0.1) is 0 Å². The van der Waals surface area contributed by atoms with E-state index in [2.05, 4.69) is 23.7 Å². The summed E-state index contributed by atoms with van der Waals surface area (Å²) in [5, 5.41) is 0.579. The first kappa shape index (κ1) is 21.1. The summed E-state index contributed by atoms with van der Waals surface area (Å²) < 4.78 is 0.985. The Kier molecular flexibility index (Phi) is 6.11. The highest BCUT2D eigenvalue weighted by molar-refractivity contribution is 7.22. The number of fused-ring (bicyclic) bond motifs is 2. The first-order valence-corrected chi connectivity index (χ1v) is 11.2. The van der Waals surface area contributed by atoms with Gasteiger partial charge in [0.15, 0.2) is 5.13 Å². The summed E-state index contributed by atoms with van der Waals surface area (Å²) >= 11 is 1.43. The Balaban J connectivity index is 1.59. The molecule has 0 atom stereocenters. The number of aromatic nitrogens is 1. The van der Waals surface area contributed by atoms with E-state index in [1.54, 1.807) is 29.2 Å². The van der Waals surface area contributed by atoms with Gasteiger partial charge < -0.3 is 4.90 Å². The van der Waals surface area contributed by atoms with Crippen LogP contribution in [0.3, 0.4) is 0 Å². The Labute approximate surface area is 184 Å². The van der Waals surface area contributed by atoms with E-state index < -0.39 is 11.8 Å². The minimum absolute atomic E-state index is 0.305. The van der Waals surface area contributed by atoms with Crippen molar-refractivity contribution in [3.8, 4) is 0 Å². The van der Waals surface area contributed by atoms with Gasteiger partial charge in [0.1, 0.15) is 6.54 Å². The summed E-state index contributed by atoms with van der Waals surface area (Å²) in [4.78, 5) is 48.3. The van der Waals surface area contributed by atoms with Gasteiger partial charge in [0.05, 0.1) is 21.3 Å². The monoisotopic (exact) mass is 436 g/mol. The average molecular weight is 437 g/mol. The third kappa shape index (κ3) is 4.08. The SMILES string of the molecule is CCN(CC)CCN(C(=O)CN1C(=O)c2ccccc2C1=O)c1nc2ccccc2s1. The van der Waals surface area contributed by atoms with Crippen molar-refractivity contribution < 1.29 is 14.4 Å². The molecular formula is C23H24N4O3S. The molecule has 4 rings (SSSR count). The van der Waals surface area contributed by atoms with Gasteiger partial charge >= 0.3 is 0 Å². The van der Waals surface area contributed by atoms with Gasteiger partial charge in [0, 0.05) is 13.1 Å². The molecule has 2 aromatic carbocycles. The van der Waals surface area contributed by atoms with Crippen molar-refractivity contribution in [1.29, 1.82) is 0 Å². The van der Waals surface area contributed by atoms with Crippen LogP contribution in [-0.4, -0.2) is 65.2 Å². The van der Waals surface area contributed by atoms with E-state index in [4.69, 9.17) is 0 Å². The molecular weight excluding hydrogens is 412 g/mol. The minimum atomic E-state index is -0.429. The molecule has 0 unspecified atom stereocenters. The minimum Gasteiger partial charge on any atom is -0.302 e. The maximum atomic E-state index is 13.3. The first-order chi connectivity index (χ1) is 15.0. The number of thiazole rings is 1. The van der Waals surface area contributed by atoms with E-state index in [0.29, 0.717) is 29.3 Å². The number of carbonyl (C=O) groups excluding carboxylic acids is 3. The van der Waals surface area contributed by atoms with Gasteiger partial charge in [-0.15, -0.1) is 0 Å². The smallest absolute Gasteiger partial charge is 0.262 e. The molecule has 160 valence electrons. The highest BCUT2D eigenvalue weighted by Crippen LogP contribution is 2.29. The first-order valence-electron chi connectivity index (χ1n) is 10.4. The fraction of sp³-hybridized carbons (Fsp3) is 0.304. The lowest BCUT2D eigenvalue weighted by atomic mass is 10.1. The molecule has 0 saturated carbocycles. The van der Waals surface area contributed by atoms with Crippen LogP contribution in [0.15, 0.2) is 48.5 Å². The topological polar surface area (TPSA) is 73.8 Å². The molecule has 31 heavy (non-hydrogen) atoms. The second-order valence-corrected chi connectivity index (χ2v) is 8.29. The zero-order chi connectivity index (χ0) is 22.0. The number of amides is 3. The Morgan fingerprint density at radius 3 is 2.16 bits per heavy atom. The molecule has 2 heterocycles. The van der Waals surface area contributed by atoms with E-state index >= 15 is 0 Å². The summed E-state index contributed by atoms with van der Waals surface area (Å²) in [7, 11) is 0. The number of para-hydroxylation sites is 1. The zero-order valence-electron chi connectivity index (χ0n) is 17.6. The number of benzene rings is 2. The Morgan fingerprint density at radius 1 is 0.935 bits per heavy atom. The molecule has 0 radical (unpaired) electrons. The van der Waals surface area contributed by atoms with Gasteiger partial charge in [-0.1, -0.05) is 49.4 Å². The summed E-state index contributed by atoms with van der Waals surface area (Å²) in [6, 6.07) is 14.4. The molecule has 3 aromatic rings. The summed E-state index contributed by atoms with van der Waals surface area (Å²) in [5.74, 6) is -1.18. The predicted octanol–water partition coefficient (Wildman–Crippen LogP) is 3.27. The Hall–Kier alpha value is -3.10. The zero-order valence-corrected chi connectivity index (χ0v) is 18.4. The fourth-order valence-electron chi connectivity index (χ4n) is 3.69. The summed E-state index contributed by atoms with van der Waals surface area (Å²) in [6.45, 7) is 6.70. The number of hydrogen-bond acceptors (Lipinski definition) is 6. The van der Waals surface area contributed by atoms with Gasteiger partial charge in [-0.25, -0.2) is 4.98 Å². The fourth-order valence-corrected chi connectivity index (χ4v) is 4.70. The van der Waals surface area contributed by atoms with Crippen LogP contribution < -0.4 is 4.90 Å². The molecule has 0 spiro atoms. The second kappa shape index (κ2) is 8.95. The summed E-state index contributed by atoms with van der Waals surface area (Å²) in [6.07, 6.45) is 0. The average Bonchev–Trinajstić information content (AvgIpc) is 3.32. The molecule has 1 aromatic heterocycles. The lowest BCUT2D eigenvalue weighted by Gasteiger charge is -2.26. The molecule has 0 bridgehead atoms. The molecule has 1 aliphatic heterocycles. The molecule has 8 heteroatoms. The normalized spacial score (nSPS) is 13.3. The third-order valence-electron chi connectivity index (χ3n) is 5.52. The van der Waals surface area contributed by atoms with Gasteiger partial charge in [0.2, 0.25) is 5.91 Å². The molecule has 0 aliphatic carbocycles. The van der Waals surface area contributed by atoms with Crippen LogP contribution in [0.2, 0.25) is 0 Å². The van der Waals surface area contributed by atoms with Crippen LogP contribution in [0.1, 0.15) is 34.6 Å². The van der Waals surface area contributed by atoms with Crippen LogP contribution >= 0.6 is 11.3 Å². The number of anilines is 1. The molecule has 0 N–H and O–H groups in total. The standard InChI is InChI=1S/C23H24N4O3S/c1-3-25(4-2)13-14-26(23-24-18-11-7-8-12-19(18)31-23)20(28)15-27-21(29)16-9-5-6-10-17(16)22(27)30/h5-12H,3-4,13-15H2,1-2H3. The van der Waals surface area contributed by atoms with Gasteiger partial charge in [-0.3, -0.25) is 24.2 Å². The maximum Gasteiger partial charge on any atom is 0.262 e. The quantitative estimate of drug-likeness (QED) is 0.507. The third-order valence-corrected chi connectivity index (χ3v) is 6.58. The molecule has 0 saturated heterocycles. The van der Waals surface area contributed by atoms with Crippen molar-refractivity contribution in [3.05, 3.63) is 59.7 Å². The van der Waals surface area contributed by atoms with Gasteiger partial charge in [0.25, 0.3) is 11.8 Å². The van der Waals surface area contributed by atoms with E-state index in [-0.39, 0.29) is 12.5 Å². The van der Waals surface area contributed by atoms with Crippen molar-refractivity contribution in [2.24, 2.45) is 0 Å². The number of carbonyl (C=O) groups is 3. The van der Waals surface area contributed by atoms with Crippen LogP contribution in [-0.2, 0) is 4.79 Å². The van der Waals surface area contributed by atoms with Crippen molar-refractivity contribution in [2.75, 3.05) is 37.6 Å². The van der Waals surface area contributed by atoms with E-state index in [1.807, 2.05) is 24.3 Å². The number of likely N-dealkylation sites (N-methyl/N-ethyl adjacent to an activating group) is 1. The number of nitrogens with zero attached hydrogens (tertiary/aromatic N) is 4. The molecule has 7 nitrogen and oxygen atoms in total. The molecule has 0 fully saturated rings. The van der Waals surface area contributed by atoms with Crippen LogP contribution in [0.4, 0.5) is 5.13 Å². The van der Waals surface area contributed by atoms with E-state index in [1.165, 1.54) is 11.3 Å². The van der Waals surface area contributed by atoms with Gasteiger partial charge in [-0.05, 0) is 37.4 Å². The summed E-state index contributed by atoms with van der Waals surface area (Å²) in [5.41, 5.74) is 1.51. The number of imide groups is 1. The molecule has 1 aliphatic rings. The Morgan fingerprint density at radius 2 is 1.55 bits per heavy atom. The van der Waals surface area contributed by atoms with Crippen molar-refractivity contribution in [1.82, 2.24) is 14.8 Å². The van der Waals surface area contributed by atoms with Crippen molar-refractivity contribution >= 4 is 44.4 Å². The predicted molar refractivity (Wildman–Crippen MR) is 122 cm³/mol. The lowest BCUT2D eigenvalue weighted by Crippen LogP contribution is -2.45. The van der Waals surface area contributed by atoms with Crippen molar-refractivity contribution in [2.45, 2.75) is 13.8 Å². The maximum absolute atomic E-state index is 13.3. The Bertz CT molecular complexity index is 1070. The highest BCUT2D eigenvalue weighted by atomic mass is 32.1. The highest BCUT2D eigenvalue weighted by Gasteiger charge is 2.37. The van der Waals surface area contributed by atoms with Crippen molar-refractivity contribution in [3.63, 3.8) is 0 Å². The van der Waals surface area contributed by atoms with Crippen LogP contribution in [0.25, 0.3) is 10.2 Å². The number of hydrogen-bond donors (Lipinski definition) is 0. The molecule has 3 amide bonds. The lowest BCUT2D eigenvalue weighted by molar-refractivity contribution is -0.119. The van der Waals surface area contributed by atoms with E-state index in [9.17, 15) is 14.4 Å².